The summed E-state index contributed by atoms with van der Waals surface area (Å²) >= 11 is 3.11. The Morgan fingerprint density at radius 1 is 1.30 bits per heavy atom. The van der Waals surface area contributed by atoms with Crippen molar-refractivity contribution in [2.24, 2.45) is 0 Å². The van der Waals surface area contributed by atoms with Crippen LogP contribution in [-0.4, -0.2) is 34.7 Å². The Bertz CT molecular complexity index is 436. The van der Waals surface area contributed by atoms with Gasteiger partial charge in [0.2, 0.25) is 0 Å². The second-order valence-corrected chi connectivity index (χ2v) is 5.16. The van der Waals surface area contributed by atoms with Crippen molar-refractivity contribution in [2.75, 3.05) is 11.9 Å². The van der Waals surface area contributed by atoms with E-state index in [4.69, 9.17) is 4.74 Å². The van der Waals surface area contributed by atoms with Crippen molar-refractivity contribution in [2.45, 2.75) is 32.9 Å². The Morgan fingerprint density at radius 2 is 1.95 bits per heavy atom. The van der Waals surface area contributed by atoms with Crippen LogP contribution in [0.5, 0.6) is 0 Å². The molecule has 1 aromatic rings. The van der Waals surface area contributed by atoms with Crippen molar-refractivity contribution in [3.63, 3.8) is 0 Å². The Labute approximate surface area is 128 Å². The number of carbonyl (C=O) groups excluding carboxylic acids is 2. The van der Waals surface area contributed by atoms with E-state index in [1.54, 1.807) is 0 Å². The van der Waals surface area contributed by atoms with E-state index in [-0.39, 0.29) is 30.3 Å². The van der Waals surface area contributed by atoms with Gasteiger partial charge in [0.25, 0.3) is 0 Å². The second-order valence-electron chi connectivity index (χ2n) is 4.60. The van der Waals surface area contributed by atoms with Gasteiger partial charge in [0.05, 0.1) is 11.9 Å². The Balaban J connectivity index is 2.61. The molecule has 0 fully saturated rings. The molecule has 1 atom stereocenters. The number of Topliss-reactive ketones (excluding diaryl/α,β-unsaturated/α-hetero) is 1. The van der Waals surface area contributed by atoms with Gasteiger partial charge in [-0.25, -0.2) is 4.79 Å². The molecule has 5 heteroatoms. The zero-order valence-corrected chi connectivity index (χ0v) is 13.4. The largest absolute Gasteiger partial charge is 0.445 e. The Hall–Kier alpha value is -1.36. The lowest BCUT2D eigenvalue weighted by molar-refractivity contribution is -0.117. The third-order valence-electron chi connectivity index (χ3n) is 3.06. The summed E-state index contributed by atoms with van der Waals surface area (Å²) in [5, 5.41) is 0.242. The van der Waals surface area contributed by atoms with E-state index in [1.807, 2.05) is 44.2 Å². The first-order valence-corrected chi connectivity index (χ1v) is 7.75. The maximum atomic E-state index is 12.1. The number of benzene rings is 1. The molecule has 0 spiro atoms. The summed E-state index contributed by atoms with van der Waals surface area (Å²) in [6.07, 6.45) is 0.327. The number of hydrogen-bond acceptors (Lipinski definition) is 3. The lowest BCUT2D eigenvalue weighted by Gasteiger charge is -2.26. The predicted molar refractivity (Wildman–Crippen MR) is 81.9 cm³/mol. The van der Waals surface area contributed by atoms with Crippen LogP contribution >= 0.6 is 15.9 Å². The summed E-state index contributed by atoms with van der Waals surface area (Å²) in [4.78, 5) is 25.1. The number of carbonyl (C=O) groups is 2. The summed E-state index contributed by atoms with van der Waals surface area (Å²) in [6, 6.07) is 9.45. The molecule has 1 amide bonds. The zero-order valence-electron chi connectivity index (χ0n) is 11.8. The first-order valence-electron chi connectivity index (χ1n) is 6.63. The lowest BCUT2D eigenvalue weighted by Crippen LogP contribution is -2.42. The number of amides is 1. The average molecular weight is 342 g/mol. The summed E-state index contributed by atoms with van der Waals surface area (Å²) in [5.41, 5.74) is 0.928. The number of halogens is 1. The molecule has 0 bridgehead atoms. The van der Waals surface area contributed by atoms with E-state index < -0.39 is 6.09 Å². The van der Waals surface area contributed by atoms with E-state index in [0.29, 0.717) is 0 Å². The van der Waals surface area contributed by atoms with E-state index in [9.17, 15) is 9.59 Å². The number of ketones is 1. The second kappa shape index (κ2) is 8.74. The molecule has 0 aliphatic carbocycles. The third-order valence-corrected chi connectivity index (χ3v) is 3.68. The third kappa shape index (κ3) is 5.33. The van der Waals surface area contributed by atoms with Crippen LogP contribution in [0.1, 0.15) is 25.8 Å². The minimum absolute atomic E-state index is 0.0266. The number of hydrogen-bond donors (Lipinski definition) is 0. The van der Waals surface area contributed by atoms with Crippen molar-refractivity contribution < 1.29 is 14.3 Å². The monoisotopic (exact) mass is 341 g/mol. The highest BCUT2D eigenvalue weighted by Gasteiger charge is 2.22. The Morgan fingerprint density at radius 3 is 2.50 bits per heavy atom. The van der Waals surface area contributed by atoms with E-state index in [2.05, 4.69) is 15.9 Å². The molecule has 0 N–H and O–H groups in total. The minimum atomic E-state index is -0.447. The molecule has 0 radical (unpaired) electrons. The van der Waals surface area contributed by atoms with Crippen LogP contribution in [0.4, 0.5) is 4.79 Å². The highest BCUT2D eigenvalue weighted by molar-refractivity contribution is 9.09. The first-order chi connectivity index (χ1) is 9.58. The maximum absolute atomic E-state index is 12.1. The molecule has 1 aromatic carbocycles. The van der Waals surface area contributed by atoms with Gasteiger partial charge in [-0.1, -0.05) is 53.2 Å². The maximum Gasteiger partial charge on any atom is 0.410 e. The van der Waals surface area contributed by atoms with Crippen molar-refractivity contribution in [1.82, 2.24) is 4.90 Å². The van der Waals surface area contributed by atoms with Crippen LogP contribution in [0, 0.1) is 0 Å². The molecule has 110 valence electrons. The van der Waals surface area contributed by atoms with Crippen molar-refractivity contribution >= 4 is 27.8 Å². The number of ether oxygens (including phenoxy) is 1. The van der Waals surface area contributed by atoms with E-state index in [0.717, 1.165) is 12.0 Å². The summed E-state index contributed by atoms with van der Waals surface area (Å²) < 4.78 is 5.28. The van der Waals surface area contributed by atoms with Gasteiger partial charge in [-0.2, -0.15) is 0 Å². The molecule has 0 saturated heterocycles. The van der Waals surface area contributed by atoms with Crippen LogP contribution in [0.25, 0.3) is 0 Å². The van der Waals surface area contributed by atoms with Gasteiger partial charge in [-0.3, -0.25) is 9.69 Å². The van der Waals surface area contributed by atoms with Crippen LogP contribution in [0.15, 0.2) is 30.3 Å². The SMILES string of the molecule is CCC(C)N(CC(=O)CBr)C(=O)OCc1ccccc1. The predicted octanol–water partition coefficient (Wildman–Crippen LogP) is 3.39. The molecule has 20 heavy (non-hydrogen) atoms. The van der Waals surface area contributed by atoms with Gasteiger partial charge in [0, 0.05) is 6.04 Å². The van der Waals surface area contributed by atoms with Crippen molar-refractivity contribution in [3.8, 4) is 0 Å². The molecule has 1 unspecified atom stereocenters. The molecule has 0 aliphatic rings. The molecular formula is C15H20BrNO3. The lowest BCUT2D eigenvalue weighted by atomic mass is 10.2. The van der Waals surface area contributed by atoms with Gasteiger partial charge < -0.3 is 4.74 Å². The normalized spacial score (nSPS) is 11.8. The van der Waals surface area contributed by atoms with Crippen molar-refractivity contribution in [1.29, 1.82) is 0 Å². The summed E-state index contributed by atoms with van der Waals surface area (Å²) in [6.45, 7) is 4.18. The fourth-order valence-electron chi connectivity index (χ4n) is 1.66. The quantitative estimate of drug-likeness (QED) is 0.714. The zero-order chi connectivity index (χ0) is 15.0. The van der Waals surface area contributed by atoms with Crippen LogP contribution in [0.3, 0.4) is 0 Å². The fourth-order valence-corrected chi connectivity index (χ4v) is 1.83. The van der Waals surface area contributed by atoms with Crippen LogP contribution in [0.2, 0.25) is 0 Å². The fraction of sp³-hybridized carbons (Fsp3) is 0.467. The average Bonchev–Trinajstić information content (AvgIpc) is 2.50. The molecule has 1 rings (SSSR count). The molecule has 0 saturated carbocycles. The smallest absolute Gasteiger partial charge is 0.410 e. The number of rotatable bonds is 7. The van der Waals surface area contributed by atoms with Gasteiger partial charge in [-0.15, -0.1) is 0 Å². The van der Waals surface area contributed by atoms with Gasteiger partial charge in [-0.05, 0) is 18.9 Å². The van der Waals surface area contributed by atoms with Crippen LogP contribution in [-0.2, 0) is 16.1 Å². The first kappa shape index (κ1) is 16.7. The van der Waals surface area contributed by atoms with E-state index in [1.165, 1.54) is 4.90 Å². The highest BCUT2D eigenvalue weighted by Crippen LogP contribution is 2.09. The standard InChI is InChI=1S/C15H20BrNO3/c1-3-12(2)17(10-14(18)9-16)15(19)20-11-13-7-5-4-6-8-13/h4-8,12H,3,9-11H2,1-2H3. The molecule has 0 aromatic heterocycles. The molecular weight excluding hydrogens is 322 g/mol. The highest BCUT2D eigenvalue weighted by atomic mass is 79.9. The molecule has 0 aliphatic heterocycles. The Kier molecular flexibility index (Phi) is 7.30. The van der Waals surface area contributed by atoms with Gasteiger partial charge in [0.1, 0.15) is 6.61 Å². The number of alkyl halides is 1. The molecule has 4 nitrogen and oxygen atoms in total. The number of nitrogens with zero attached hydrogens (tertiary/aromatic N) is 1. The minimum Gasteiger partial charge on any atom is -0.445 e. The topological polar surface area (TPSA) is 46.6 Å². The van der Waals surface area contributed by atoms with E-state index >= 15 is 0 Å². The van der Waals surface area contributed by atoms with Crippen molar-refractivity contribution in [3.05, 3.63) is 35.9 Å². The molecule has 0 heterocycles. The summed E-state index contributed by atoms with van der Waals surface area (Å²) in [5.74, 6) is -0.0399. The van der Waals surface area contributed by atoms with Crippen LogP contribution < -0.4 is 0 Å². The van der Waals surface area contributed by atoms with Gasteiger partial charge >= 0.3 is 6.09 Å². The van der Waals surface area contributed by atoms with Gasteiger partial charge in [0.15, 0.2) is 5.78 Å². The summed E-state index contributed by atoms with van der Waals surface area (Å²) in [7, 11) is 0.